The first kappa shape index (κ1) is 19.7. The molecule has 0 saturated heterocycles. The molecule has 2 atom stereocenters. The fourth-order valence-corrected chi connectivity index (χ4v) is 2.39. The minimum Gasteiger partial charge on any atom is -0.480 e. The van der Waals surface area contributed by atoms with Crippen molar-refractivity contribution in [2.75, 3.05) is 29.6 Å². The van der Waals surface area contributed by atoms with Crippen molar-refractivity contribution in [2.24, 2.45) is 5.73 Å². The van der Waals surface area contributed by atoms with E-state index < -0.39 is 17.9 Å². The van der Waals surface area contributed by atoms with Crippen LogP contribution >= 0.6 is 24.4 Å². The van der Waals surface area contributed by atoms with E-state index in [1.165, 1.54) is 0 Å². The van der Waals surface area contributed by atoms with Crippen LogP contribution in [0.4, 0.5) is 5.69 Å². The molecule has 1 amide bonds. The van der Waals surface area contributed by atoms with E-state index in [9.17, 15) is 9.59 Å². The third-order valence-electron chi connectivity index (χ3n) is 3.16. The Hall–Kier alpha value is -1.38. The molecule has 1 aromatic rings. The van der Waals surface area contributed by atoms with E-state index >= 15 is 0 Å². The Balaban J connectivity index is 2.60. The largest absolute Gasteiger partial charge is 0.480 e. The molecule has 0 heterocycles. The fourth-order valence-electron chi connectivity index (χ4n) is 1.79. The topological polar surface area (TPSA) is 104 Å². The van der Waals surface area contributed by atoms with Crippen molar-refractivity contribution >= 4 is 42.0 Å². The summed E-state index contributed by atoms with van der Waals surface area (Å²) in [7, 11) is 0. The average Bonchev–Trinajstić information content (AvgIpc) is 2.56. The van der Waals surface area contributed by atoms with E-state index in [1.54, 1.807) is 36.0 Å². The number of carbonyl (C=O) groups is 2. The highest BCUT2D eigenvalue weighted by Crippen LogP contribution is 2.10. The van der Waals surface area contributed by atoms with Crippen LogP contribution in [0.15, 0.2) is 24.3 Å². The molecule has 5 N–H and O–H groups in total. The number of hydrogen-bond donors (Lipinski definition) is 5. The normalized spacial score (nSPS) is 13.2. The zero-order valence-corrected chi connectivity index (χ0v) is 14.7. The molecule has 128 valence electrons. The number of rotatable bonds is 10. The van der Waals surface area contributed by atoms with Gasteiger partial charge in [0.15, 0.2) is 0 Å². The summed E-state index contributed by atoms with van der Waals surface area (Å²) in [5.41, 5.74) is 7.03. The van der Waals surface area contributed by atoms with E-state index in [-0.39, 0.29) is 6.04 Å². The fraction of sp³-hybridized carbons (Fsp3) is 0.467. The highest BCUT2D eigenvalue weighted by molar-refractivity contribution is 7.98. The van der Waals surface area contributed by atoms with Crippen LogP contribution < -0.4 is 16.4 Å². The molecule has 0 spiro atoms. The number of thiol groups is 1. The number of anilines is 1. The van der Waals surface area contributed by atoms with E-state index in [2.05, 4.69) is 23.3 Å². The molecule has 6 nitrogen and oxygen atoms in total. The van der Waals surface area contributed by atoms with E-state index in [0.717, 1.165) is 5.69 Å². The van der Waals surface area contributed by atoms with Crippen LogP contribution in [0.25, 0.3) is 0 Å². The molecule has 1 rings (SSSR count). The van der Waals surface area contributed by atoms with Crippen molar-refractivity contribution in [1.82, 2.24) is 5.32 Å². The molecular formula is C15H23N3O3S2. The second-order valence-electron chi connectivity index (χ2n) is 5.05. The lowest BCUT2D eigenvalue weighted by atomic mass is 10.1. The smallest absolute Gasteiger partial charge is 0.326 e. The van der Waals surface area contributed by atoms with Crippen molar-refractivity contribution in [1.29, 1.82) is 0 Å². The van der Waals surface area contributed by atoms with Crippen LogP contribution in [0.3, 0.4) is 0 Å². The lowest BCUT2D eigenvalue weighted by Gasteiger charge is -2.14. The van der Waals surface area contributed by atoms with E-state index in [1.807, 2.05) is 6.26 Å². The van der Waals surface area contributed by atoms with Crippen molar-refractivity contribution in [3.05, 3.63) is 29.8 Å². The first-order valence-corrected chi connectivity index (χ1v) is 9.23. The van der Waals surface area contributed by atoms with Gasteiger partial charge in [0, 0.05) is 29.6 Å². The molecule has 0 saturated carbocycles. The van der Waals surface area contributed by atoms with Gasteiger partial charge in [0.05, 0.1) is 0 Å². The van der Waals surface area contributed by atoms with Crippen LogP contribution in [-0.4, -0.2) is 53.4 Å². The van der Waals surface area contributed by atoms with E-state index in [0.29, 0.717) is 30.0 Å². The number of carboxylic acid groups (broad SMARTS) is 1. The maximum Gasteiger partial charge on any atom is 0.326 e. The van der Waals surface area contributed by atoms with Gasteiger partial charge in [-0.2, -0.15) is 24.4 Å². The van der Waals surface area contributed by atoms with Gasteiger partial charge in [0.2, 0.25) is 0 Å². The molecule has 0 aliphatic heterocycles. The van der Waals surface area contributed by atoms with Gasteiger partial charge in [-0.3, -0.25) is 4.79 Å². The Labute approximate surface area is 146 Å². The quantitative estimate of drug-likeness (QED) is 0.404. The van der Waals surface area contributed by atoms with Gasteiger partial charge < -0.3 is 21.5 Å². The summed E-state index contributed by atoms with van der Waals surface area (Å²) in [5.74, 6) is -0.158. The van der Waals surface area contributed by atoms with Crippen LogP contribution in [0.1, 0.15) is 16.8 Å². The van der Waals surface area contributed by atoms with Crippen LogP contribution in [0, 0.1) is 0 Å². The lowest BCUT2D eigenvalue weighted by molar-refractivity contribution is -0.139. The minimum absolute atomic E-state index is 0.0472. The highest BCUT2D eigenvalue weighted by Gasteiger charge is 2.20. The van der Waals surface area contributed by atoms with E-state index in [4.69, 9.17) is 10.8 Å². The molecular weight excluding hydrogens is 334 g/mol. The summed E-state index contributed by atoms with van der Waals surface area (Å²) < 4.78 is 0. The Morgan fingerprint density at radius 1 is 1.35 bits per heavy atom. The number of carboxylic acids is 1. The minimum atomic E-state index is -1.02. The average molecular weight is 358 g/mol. The predicted octanol–water partition coefficient (Wildman–Crippen LogP) is 1.29. The van der Waals surface area contributed by atoms with Gasteiger partial charge in [-0.15, -0.1) is 0 Å². The van der Waals surface area contributed by atoms with Crippen LogP contribution in [0.2, 0.25) is 0 Å². The molecule has 1 aromatic carbocycles. The molecule has 23 heavy (non-hydrogen) atoms. The summed E-state index contributed by atoms with van der Waals surface area (Å²) in [6, 6.07) is 5.90. The predicted molar refractivity (Wildman–Crippen MR) is 98.6 cm³/mol. The number of hydrogen-bond acceptors (Lipinski definition) is 6. The second kappa shape index (κ2) is 10.4. The monoisotopic (exact) mass is 357 g/mol. The number of benzene rings is 1. The summed E-state index contributed by atoms with van der Waals surface area (Å²) >= 11 is 5.65. The van der Waals surface area contributed by atoms with Gasteiger partial charge in [0.25, 0.3) is 5.91 Å². The molecule has 0 unspecified atom stereocenters. The zero-order valence-electron chi connectivity index (χ0n) is 13.0. The number of nitrogens with one attached hydrogen (secondary N) is 2. The molecule has 0 radical (unpaired) electrons. The number of aliphatic carboxylic acids is 1. The van der Waals surface area contributed by atoms with Gasteiger partial charge in [-0.05, 0) is 42.7 Å². The molecule has 0 aliphatic rings. The summed E-state index contributed by atoms with van der Waals surface area (Å²) in [4.78, 5) is 23.3. The van der Waals surface area contributed by atoms with Crippen LogP contribution in [0.5, 0.6) is 0 Å². The van der Waals surface area contributed by atoms with Crippen molar-refractivity contribution < 1.29 is 14.7 Å². The Morgan fingerprint density at radius 3 is 2.52 bits per heavy atom. The molecule has 0 aliphatic carbocycles. The third kappa shape index (κ3) is 7.15. The maximum atomic E-state index is 12.1. The van der Waals surface area contributed by atoms with Crippen LogP contribution in [-0.2, 0) is 4.79 Å². The molecule has 0 fully saturated rings. The first-order valence-electron chi connectivity index (χ1n) is 7.21. The molecule has 8 heteroatoms. The maximum absolute atomic E-state index is 12.1. The Morgan fingerprint density at radius 2 is 2.00 bits per heavy atom. The SMILES string of the molecule is CSCC[C@H](NC(=O)c1ccc(NC[C@@H](N)CS)cc1)C(=O)O. The number of nitrogens with two attached hydrogens (primary N) is 1. The van der Waals surface area contributed by atoms with Crippen molar-refractivity contribution in [3.63, 3.8) is 0 Å². The highest BCUT2D eigenvalue weighted by atomic mass is 32.2. The Bertz CT molecular complexity index is 511. The van der Waals surface area contributed by atoms with Crippen molar-refractivity contribution in [3.8, 4) is 0 Å². The standard InChI is InChI=1S/C15H23N3O3S2/c1-23-7-6-13(15(20)21)18-14(19)10-2-4-12(5-3-10)17-8-11(16)9-22/h2-5,11,13,17,22H,6-9,16H2,1H3,(H,18,19)(H,20,21)/t11-,13+/m1/s1. The lowest BCUT2D eigenvalue weighted by Crippen LogP contribution is -2.41. The first-order chi connectivity index (χ1) is 11.0. The number of thioether (sulfide) groups is 1. The number of carbonyl (C=O) groups excluding carboxylic acids is 1. The third-order valence-corrected chi connectivity index (χ3v) is 4.28. The Kier molecular flexibility index (Phi) is 8.90. The van der Waals surface area contributed by atoms with Gasteiger partial charge in [-0.25, -0.2) is 4.79 Å². The summed E-state index contributed by atoms with van der Waals surface area (Å²) in [5, 5.41) is 14.8. The van der Waals surface area contributed by atoms with Crippen molar-refractivity contribution in [2.45, 2.75) is 18.5 Å². The molecule has 0 aromatic heterocycles. The van der Waals surface area contributed by atoms with Gasteiger partial charge in [0.1, 0.15) is 6.04 Å². The summed E-state index contributed by atoms with van der Waals surface area (Å²) in [6.07, 6.45) is 2.29. The van der Waals surface area contributed by atoms with Gasteiger partial charge >= 0.3 is 5.97 Å². The van der Waals surface area contributed by atoms with Gasteiger partial charge in [-0.1, -0.05) is 0 Å². The number of amides is 1. The molecule has 0 bridgehead atoms. The summed E-state index contributed by atoms with van der Waals surface area (Å²) in [6.45, 7) is 0.588. The second-order valence-corrected chi connectivity index (χ2v) is 6.40. The zero-order chi connectivity index (χ0) is 17.2.